The number of fused-ring (bicyclic) bond motifs is 1. The first-order valence-electron chi connectivity index (χ1n) is 4.15. The summed E-state index contributed by atoms with van der Waals surface area (Å²) in [6.45, 7) is 0. The molecule has 2 heterocycles. The van der Waals surface area contributed by atoms with E-state index < -0.39 is 10.8 Å². The standard InChI is InChI=1S/C9H10N2O2S/c1-13-8(12)9(10)4-6-5-11-3-2-7(6)14-9/h2-3,5H,4,10H2,1H3. The van der Waals surface area contributed by atoms with Crippen molar-refractivity contribution in [3.8, 4) is 0 Å². The van der Waals surface area contributed by atoms with Gasteiger partial charge in [-0.2, -0.15) is 0 Å². The van der Waals surface area contributed by atoms with Crippen molar-refractivity contribution in [2.75, 3.05) is 7.11 Å². The van der Waals surface area contributed by atoms with Gasteiger partial charge in [-0.25, -0.2) is 4.79 Å². The molecule has 0 fully saturated rings. The van der Waals surface area contributed by atoms with Crippen LogP contribution in [0.4, 0.5) is 0 Å². The largest absolute Gasteiger partial charge is 0.467 e. The van der Waals surface area contributed by atoms with Crippen molar-refractivity contribution in [2.45, 2.75) is 16.2 Å². The van der Waals surface area contributed by atoms with Gasteiger partial charge in [-0.05, 0) is 11.6 Å². The van der Waals surface area contributed by atoms with Crippen LogP contribution in [0.3, 0.4) is 0 Å². The van der Waals surface area contributed by atoms with Gasteiger partial charge in [-0.1, -0.05) is 11.8 Å². The van der Waals surface area contributed by atoms with Gasteiger partial charge in [0.25, 0.3) is 0 Å². The van der Waals surface area contributed by atoms with E-state index in [0.717, 1.165) is 10.5 Å². The molecular formula is C9H10N2O2S. The zero-order chi connectivity index (χ0) is 10.2. The number of aromatic nitrogens is 1. The average molecular weight is 210 g/mol. The normalized spacial score (nSPS) is 24.4. The van der Waals surface area contributed by atoms with E-state index in [1.54, 1.807) is 12.4 Å². The number of carbonyl (C=O) groups excluding carboxylic acids is 1. The number of hydrogen-bond donors (Lipinski definition) is 1. The number of esters is 1. The number of rotatable bonds is 1. The molecule has 0 saturated heterocycles. The summed E-state index contributed by atoms with van der Waals surface area (Å²) in [6.07, 6.45) is 3.91. The highest BCUT2D eigenvalue weighted by Gasteiger charge is 2.42. The molecule has 0 bridgehead atoms. The molecule has 0 aliphatic carbocycles. The minimum absolute atomic E-state index is 0.390. The molecule has 4 nitrogen and oxygen atoms in total. The molecule has 1 aliphatic rings. The monoisotopic (exact) mass is 210 g/mol. The zero-order valence-electron chi connectivity index (χ0n) is 7.69. The fourth-order valence-electron chi connectivity index (χ4n) is 1.45. The fraction of sp³-hybridized carbons (Fsp3) is 0.333. The molecule has 1 aromatic rings. The van der Waals surface area contributed by atoms with E-state index in [0.29, 0.717) is 6.42 Å². The van der Waals surface area contributed by atoms with Crippen molar-refractivity contribution in [1.82, 2.24) is 4.98 Å². The number of nitrogens with two attached hydrogens (primary N) is 1. The number of pyridine rings is 1. The molecule has 74 valence electrons. The minimum Gasteiger partial charge on any atom is -0.467 e. The number of methoxy groups -OCH3 is 1. The van der Waals surface area contributed by atoms with Crippen LogP contribution in [-0.2, 0) is 16.0 Å². The Balaban J connectivity index is 2.30. The molecule has 0 aromatic carbocycles. The smallest absolute Gasteiger partial charge is 0.337 e. The van der Waals surface area contributed by atoms with Crippen molar-refractivity contribution >= 4 is 17.7 Å². The number of nitrogens with zero attached hydrogens (tertiary/aromatic N) is 1. The summed E-state index contributed by atoms with van der Waals surface area (Å²) in [4.78, 5) is 15.4. The summed E-state index contributed by atoms with van der Waals surface area (Å²) in [5.41, 5.74) is 6.93. The van der Waals surface area contributed by atoms with Gasteiger partial charge in [-0.15, -0.1) is 0 Å². The Kier molecular flexibility index (Phi) is 2.20. The molecule has 1 aromatic heterocycles. The number of carbonyl (C=O) groups is 1. The molecule has 2 rings (SSSR count). The van der Waals surface area contributed by atoms with E-state index in [4.69, 9.17) is 5.73 Å². The van der Waals surface area contributed by atoms with Crippen LogP contribution in [0.1, 0.15) is 5.56 Å². The third kappa shape index (κ3) is 1.38. The third-order valence-corrected chi connectivity index (χ3v) is 3.43. The zero-order valence-corrected chi connectivity index (χ0v) is 8.50. The van der Waals surface area contributed by atoms with Crippen molar-refractivity contribution < 1.29 is 9.53 Å². The lowest BCUT2D eigenvalue weighted by Gasteiger charge is -2.18. The highest BCUT2D eigenvalue weighted by molar-refractivity contribution is 8.01. The van der Waals surface area contributed by atoms with Gasteiger partial charge >= 0.3 is 5.97 Å². The molecule has 5 heteroatoms. The fourth-order valence-corrected chi connectivity index (χ4v) is 2.62. The van der Waals surface area contributed by atoms with Gasteiger partial charge in [0.1, 0.15) is 0 Å². The maximum Gasteiger partial charge on any atom is 0.337 e. The van der Waals surface area contributed by atoms with Gasteiger partial charge in [0.15, 0.2) is 4.87 Å². The quantitative estimate of drug-likeness (QED) is 0.686. The molecular weight excluding hydrogens is 200 g/mol. The lowest BCUT2D eigenvalue weighted by Crippen LogP contribution is -2.45. The summed E-state index contributed by atoms with van der Waals surface area (Å²) in [5.74, 6) is -0.390. The van der Waals surface area contributed by atoms with Gasteiger partial charge in [0, 0.05) is 23.7 Å². The van der Waals surface area contributed by atoms with Crippen LogP contribution in [0.5, 0.6) is 0 Å². The SMILES string of the molecule is COC(=O)C1(N)Cc2cnccc2S1. The second-order valence-corrected chi connectivity index (χ2v) is 4.52. The van der Waals surface area contributed by atoms with Crippen molar-refractivity contribution in [3.63, 3.8) is 0 Å². The Labute approximate surface area is 85.8 Å². The second-order valence-electron chi connectivity index (χ2n) is 3.14. The van der Waals surface area contributed by atoms with Crippen LogP contribution in [-0.4, -0.2) is 22.9 Å². The first-order chi connectivity index (χ1) is 6.65. The molecule has 14 heavy (non-hydrogen) atoms. The molecule has 0 spiro atoms. The first-order valence-corrected chi connectivity index (χ1v) is 4.96. The average Bonchev–Trinajstić information content (AvgIpc) is 2.54. The van der Waals surface area contributed by atoms with Gasteiger partial charge in [0.2, 0.25) is 0 Å². The predicted octanol–water partition coefficient (Wildman–Crippen LogP) is 0.558. The van der Waals surface area contributed by atoms with Gasteiger partial charge in [-0.3, -0.25) is 4.98 Å². The number of ether oxygens (including phenoxy) is 1. The van der Waals surface area contributed by atoms with Crippen molar-refractivity contribution in [3.05, 3.63) is 24.0 Å². The number of hydrogen-bond acceptors (Lipinski definition) is 5. The molecule has 0 radical (unpaired) electrons. The van der Waals surface area contributed by atoms with Crippen LogP contribution in [0.15, 0.2) is 23.4 Å². The van der Waals surface area contributed by atoms with E-state index in [1.807, 2.05) is 6.07 Å². The Bertz CT molecular complexity index is 356. The van der Waals surface area contributed by atoms with Gasteiger partial charge in [0.05, 0.1) is 7.11 Å². The third-order valence-electron chi connectivity index (χ3n) is 2.13. The molecule has 1 atom stereocenters. The number of thioether (sulfide) groups is 1. The van der Waals surface area contributed by atoms with Crippen LogP contribution >= 0.6 is 11.8 Å². The van der Waals surface area contributed by atoms with E-state index in [2.05, 4.69) is 9.72 Å². The maximum absolute atomic E-state index is 11.4. The van der Waals surface area contributed by atoms with E-state index in [-0.39, 0.29) is 0 Å². The lowest BCUT2D eigenvalue weighted by molar-refractivity contribution is -0.143. The van der Waals surface area contributed by atoms with Gasteiger partial charge < -0.3 is 10.5 Å². The Morgan fingerprint density at radius 1 is 1.79 bits per heavy atom. The summed E-state index contributed by atoms with van der Waals surface area (Å²) >= 11 is 1.33. The maximum atomic E-state index is 11.4. The van der Waals surface area contributed by atoms with Crippen molar-refractivity contribution in [2.24, 2.45) is 5.73 Å². The molecule has 0 amide bonds. The van der Waals surface area contributed by atoms with Crippen LogP contribution < -0.4 is 5.73 Å². The first kappa shape index (κ1) is 9.48. The van der Waals surface area contributed by atoms with E-state index in [9.17, 15) is 4.79 Å². The summed E-state index contributed by atoms with van der Waals surface area (Å²) in [5, 5.41) is 0. The highest BCUT2D eigenvalue weighted by atomic mass is 32.2. The second kappa shape index (κ2) is 3.25. The van der Waals surface area contributed by atoms with Crippen molar-refractivity contribution in [1.29, 1.82) is 0 Å². The minimum atomic E-state index is -0.972. The van der Waals surface area contributed by atoms with Crippen LogP contribution in [0.2, 0.25) is 0 Å². The molecule has 1 aliphatic heterocycles. The summed E-state index contributed by atoms with van der Waals surface area (Å²) < 4.78 is 4.66. The Morgan fingerprint density at radius 3 is 3.21 bits per heavy atom. The summed E-state index contributed by atoms with van der Waals surface area (Å²) in [7, 11) is 1.35. The lowest BCUT2D eigenvalue weighted by atomic mass is 10.1. The molecule has 1 unspecified atom stereocenters. The summed E-state index contributed by atoms with van der Waals surface area (Å²) in [6, 6.07) is 1.86. The predicted molar refractivity (Wildman–Crippen MR) is 52.7 cm³/mol. The van der Waals surface area contributed by atoms with E-state index in [1.165, 1.54) is 18.9 Å². The molecule has 2 N–H and O–H groups in total. The molecule has 0 saturated carbocycles. The van der Waals surface area contributed by atoms with Crippen LogP contribution in [0.25, 0.3) is 0 Å². The van der Waals surface area contributed by atoms with Crippen LogP contribution in [0, 0.1) is 0 Å². The Hall–Kier alpha value is -1.07. The Morgan fingerprint density at radius 2 is 2.57 bits per heavy atom. The van der Waals surface area contributed by atoms with E-state index >= 15 is 0 Å². The topological polar surface area (TPSA) is 65.2 Å². The highest BCUT2D eigenvalue weighted by Crippen LogP contribution is 2.41.